The lowest BCUT2D eigenvalue weighted by atomic mass is 10.2. The molecular weight excluding hydrogens is 390 g/mol. The number of rotatable bonds is 4. The van der Waals surface area contributed by atoms with Gasteiger partial charge in [0.2, 0.25) is 5.91 Å². The average molecular weight is 401 g/mol. The van der Waals surface area contributed by atoms with E-state index in [4.69, 9.17) is 0 Å². The first kappa shape index (κ1) is 14.5. The van der Waals surface area contributed by atoms with Crippen LogP contribution in [0.4, 0.5) is 0 Å². The number of halogens is 2. The number of hydrogen-bond acceptors (Lipinski definition) is 2. The number of nitrogens with one attached hydrogen (secondary N) is 1. The molecule has 0 fully saturated rings. The maximum Gasteiger partial charge on any atom is 0.244 e. The van der Waals surface area contributed by atoms with Crippen molar-refractivity contribution in [3.8, 4) is 0 Å². The van der Waals surface area contributed by atoms with E-state index in [1.54, 1.807) is 23.5 Å². The SMILES string of the molecule is O=C(/C=C/c1ccccc1Br)NCc1ccc(Br)s1. The van der Waals surface area contributed by atoms with Gasteiger partial charge in [-0.15, -0.1) is 11.3 Å². The van der Waals surface area contributed by atoms with Gasteiger partial charge >= 0.3 is 0 Å². The molecule has 0 spiro atoms. The highest BCUT2D eigenvalue weighted by atomic mass is 79.9. The van der Waals surface area contributed by atoms with Crippen LogP contribution in [0.2, 0.25) is 0 Å². The number of amides is 1. The predicted octanol–water partition coefficient (Wildman–Crippen LogP) is 4.60. The third-order valence-electron chi connectivity index (χ3n) is 2.39. The Labute approximate surface area is 132 Å². The quantitative estimate of drug-likeness (QED) is 0.746. The Morgan fingerprint density at radius 3 is 2.68 bits per heavy atom. The summed E-state index contributed by atoms with van der Waals surface area (Å²) >= 11 is 8.45. The minimum Gasteiger partial charge on any atom is -0.348 e. The van der Waals surface area contributed by atoms with E-state index in [2.05, 4.69) is 37.2 Å². The number of hydrogen-bond donors (Lipinski definition) is 1. The molecule has 2 rings (SSSR count). The summed E-state index contributed by atoms with van der Waals surface area (Å²) in [6.45, 7) is 0.551. The summed E-state index contributed by atoms with van der Waals surface area (Å²) in [5.74, 6) is -0.0970. The first-order chi connectivity index (χ1) is 9.15. The molecule has 1 aromatic heterocycles. The number of thiophene rings is 1. The molecule has 0 saturated heterocycles. The van der Waals surface area contributed by atoms with E-state index >= 15 is 0 Å². The van der Waals surface area contributed by atoms with Crippen LogP contribution in [0.15, 0.2) is 50.7 Å². The van der Waals surface area contributed by atoms with E-state index in [0.717, 1.165) is 18.7 Å². The van der Waals surface area contributed by atoms with Crippen LogP contribution in [-0.4, -0.2) is 5.91 Å². The van der Waals surface area contributed by atoms with Crippen molar-refractivity contribution in [2.24, 2.45) is 0 Å². The van der Waals surface area contributed by atoms with Crippen LogP contribution in [-0.2, 0) is 11.3 Å². The highest BCUT2D eigenvalue weighted by molar-refractivity contribution is 9.11. The summed E-state index contributed by atoms with van der Waals surface area (Å²) in [7, 11) is 0. The minimum atomic E-state index is -0.0970. The molecule has 19 heavy (non-hydrogen) atoms. The first-order valence-electron chi connectivity index (χ1n) is 5.60. The molecule has 0 atom stereocenters. The van der Waals surface area contributed by atoms with Crippen molar-refractivity contribution < 1.29 is 4.79 Å². The van der Waals surface area contributed by atoms with E-state index in [0.29, 0.717) is 6.54 Å². The van der Waals surface area contributed by atoms with Crippen LogP contribution in [0.25, 0.3) is 6.08 Å². The zero-order valence-corrected chi connectivity index (χ0v) is 13.9. The van der Waals surface area contributed by atoms with Gasteiger partial charge in [-0.2, -0.15) is 0 Å². The van der Waals surface area contributed by atoms with Crippen LogP contribution < -0.4 is 5.32 Å². The normalized spacial score (nSPS) is 10.8. The van der Waals surface area contributed by atoms with Gasteiger partial charge in [-0.1, -0.05) is 34.1 Å². The van der Waals surface area contributed by atoms with Gasteiger partial charge in [0.15, 0.2) is 0 Å². The summed E-state index contributed by atoms with van der Waals surface area (Å²) in [5, 5.41) is 2.85. The highest BCUT2D eigenvalue weighted by Crippen LogP contribution is 2.21. The Bertz CT molecular complexity index is 607. The fraction of sp³-hybridized carbons (Fsp3) is 0.0714. The molecule has 1 N–H and O–H groups in total. The van der Waals surface area contributed by atoms with E-state index in [9.17, 15) is 4.79 Å². The molecule has 2 nitrogen and oxygen atoms in total. The third kappa shape index (κ3) is 4.60. The van der Waals surface area contributed by atoms with Crippen LogP contribution >= 0.6 is 43.2 Å². The minimum absolute atomic E-state index is 0.0970. The molecule has 0 aliphatic heterocycles. The first-order valence-corrected chi connectivity index (χ1v) is 8.00. The van der Waals surface area contributed by atoms with Gasteiger partial charge in [0.05, 0.1) is 10.3 Å². The number of benzene rings is 1. The van der Waals surface area contributed by atoms with Crippen molar-refractivity contribution >= 4 is 55.2 Å². The molecule has 0 unspecified atom stereocenters. The second-order valence-corrected chi connectivity index (χ2v) is 7.18. The summed E-state index contributed by atoms with van der Waals surface area (Å²) < 4.78 is 2.04. The van der Waals surface area contributed by atoms with Gasteiger partial charge in [-0.05, 0) is 45.8 Å². The van der Waals surface area contributed by atoms with E-state index in [-0.39, 0.29) is 5.91 Å². The Kier molecular flexibility index (Phi) is 5.36. The molecule has 0 aliphatic rings. The maximum atomic E-state index is 11.7. The van der Waals surface area contributed by atoms with Crippen molar-refractivity contribution in [1.29, 1.82) is 0 Å². The van der Waals surface area contributed by atoms with Crippen LogP contribution in [0.5, 0.6) is 0 Å². The van der Waals surface area contributed by atoms with Crippen LogP contribution in [0.3, 0.4) is 0 Å². The lowest BCUT2D eigenvalue weighted by Crippen LogP contribution is -2.19. The van der Waals surface area contributed by atoms with Crippen molar-refractivity contribution in [1.82, 2.24) is 5.32 Å². The molecule has 0 bridgehead atoms. The maximum absolute atomic E-state index is 11.7. The summed E-state index contributed by atoms with van der Waals surface area (Å²) in [4.78, 5) is 12.8. The van der Waals surface area contributed by atoms with Crippen LogP contribution in [0.1, 0.15) is 10.4 Å². The van der Waals surface area contributed by atoms with Gasteiger partial charge in [-0.3, -0.25) is 4.79 Å². The Hall–Kier alpha value is -0.910. The molecule has 0 radical (unpaired) electrons. The molecule has 0 aliphatic carbocycles. The molecule has 5 heteroatoms. The van der Waals surface area contributed by atoms with Gasteiger partial charge in [0.25, 0.3) is 0 Å². The Balaban J connectivity index is 1.89. The average Bonchev–Trinajstić information content (AvgIpc) is 2.81. The Morgan fingerprint density at radius 2 is 2.00 bits per heavy atom. The zero-order chi connectivity index (χ0) is 13.7. The van der Waals surface area contributed by atoms with Crippen LogP contribution in [0, 0.1) is 0 Å². The highest BCUT2D eigenvalue weighted by Gasteiger charge is 2.00. The standard InChI is InChI=1S/C14H11Br2NOS/c15-12-4-2-1-3-10(12)5-8-14(18)17-9-11-6-7-13(16)19-11/h1-8H,9H2,(H,17,18)/b8-5+. The van der Waals surface area contributed by atoms with Crippen molar-refractivity contribution in [3.63, 3.8) is 0 Å². The second kappa shape index (κ2) is 7.03. The van der Waals surface area contributed by atoms with Gasteiger partial charge < -0.3 is 5.32 Å². The molecular formula is C14H11Br2NOS. The summed E-state index contributed by atoms with van der Waals surface area (Å²) in [6.07, 6.45) is 3.34. The molecule has 1 amide bonds. The van der Waals surface area contributed by atoms with Gasteiger partial charge in [0.1, 0.15) is 0 Å². The summed E-state index contributed by atoms with van der Waals surface area (Å²) in [5.41, 5.74) is 0.983. The van der Waals surface area contributed by atoms with E-state index in [1.165, 1.54) is 0 Å². The van der Waals surface area contributed by atoms with Crippen molar-refractivity contribution in [2.75, 3.05) is 0 Å². The Morgan fingerprint density at radius 1 is 1.21 bits per heavy atom. The fourth-order valence-corrected chi connectivity index (χ4v) is 3.30. The lowest BCUT2D eigenvalue weighted by Gasteiger charge is -2.00. The smallest absolute Gasteiger partial charge is 0.244 e. The summed E-state index contributed by atoms with van der Waals surface area (Å²) in [6, 6.07) is 11.7. The van der Waals surface area contributed by atoms with E-state index in [1.807, 2.05) is 36.4 Å². The monoisotopic (exact) mass is 399 g/mol. The fourth-order valence-electron chi connectivity index (χ4n) is 1.46. The van der Waals surface area contributed by atoms with Gasteiger partial charge in [0, 0.05) is 15.4 Å². The van der Waals surface area contributed by atoms with E-state index < -0.39 is 0 Å². The van der Waals surface area contributed by atoms with Crippen molar-refractivity contribution in [2.45, 2.75) is 6.54 Å². The molecule has 1 heterocycles. The third-order valence-corrected chi connectivity index (χ3v) is 4.73. The van der Waals surface area contributed by atoms with Crippen molar-refractivity contribution in [3.05, 3.63) is 61.2 Å². The molecule has 98 valence electrons. The molecule has 0 saturated carbocycles. The zero-order valence-electron chi connectivity index (χ0n) is 9.90. The topological polar surface area (TPSA) is 29.1 Å². The predicted molar refractivity (Wildman–Crippen MR) is 87.0 cm³/mol. The lowest BCUT2D eigenvalue weighted by molar-refractivity contribution is -0.116. The molecule has 1 aromatic carbocycles. The largest absolute Gasteiger partial charge is 0.348 e. The molecule has 2 aromatic rings. The number of carbonyl (C=O) groups is 1. The number of carbonyl (C=O) groups excluding carboxylic acids is 1. The van der Waals surface area contributed by atoms with Gasteiger partial charge in [-0.25, -0.2) is 0 Å². The second-order valence-electron chi connectivity index (χ2n) is 3.78.